The molecular formula is C19H21N5O8S2. The molecule has 1 saturated heterocycles. The maximum atomic E-state index is 12.9. The number of amides is 2. The number of allylic oxidation sites excluding steroid dienone is 1. The van der Waals surface area contributed by atoms with Gasteiger partial charge in [-0.05, 0) is 12.5 Å². The smallest absolute Gasteiger partial charge is 0.435 e. The Labute approximate surface area is 201 Å². The molecular weight excluding hydrogens is 490 g/mol. The summed E-state index contributed by atoms with van der Waals surface area (Å²) in [7, 11) is 0. The maximum Gasteiger partial charge on any atom is 0.511 e. The van der Waals surface area contributed by atoms with Crippen LogP contribution in [-0.4, -0.2) is 74.8 Å². The first-order valence-electron chi connectivity index (χ1n) is 9.80. The Balaban J connectivity index is 1.71. The van der Waals surface area contributed by atoms with Crippen LogP contribution in [0.3, 0.4) is 0 Å². The van der Waals surface area contributed by atoms with Crippen LogP contribution in [0.2, 0.25) is 0 Å². The third kappa shape index (κ3) is 4.99. The minimum atomic E-state index is -1.28. The van der Waals surface area contributed by atoms with Crippen LogP contribution in [0, 0.1) is 0 Å². The molecule has 3 atom stereocenters. The topological polar surface area (TPSA) is 183 Å². The third-order valence-electron chi connectivity index (χ3n) is 4.60. The van der Waals surface area contributed by atoms with E-state index in [1.807, 2.05) is 0 Å². The number of esters is 1. The number of hydrogen-bond donors (Lipinski definition) is 3. The zero-order valence-electron chi connectivity index (χ0n) is 18.0. The van der Waals surface area contributed by atoms with Crippen molar-refractivity contribution in [2.24, 2.45) is 5.16 Å². The summed E-state index contributed by atoms with van der Waals surface area (Å²) >= 11 is 2.34. The van der Waals surface area contributed by atoms with Crippen LogP contribution in [0.25, 0.3) is 0 Å². The number of carbonyl (C=O) groups is 4. The number of thioether (sulfide) groups is 1. The molecule has 0 radical (unpaired) electrons. The highest BCUT2D eigenvalue weighted by Crippen LogP contribution is 2.41. The van der Waals surface area contributed by atoms with Gasteiger partial charge in [0, 0.05) is 18.1 Å². The monoisotopic (exact) mass is 511 g/mol. The minimum Gasteiger partial charge on any atom is -0.435 e. The summed E-state index contributed by atoms with van der Waals surface area (Å²) in [6, 6.07) is -1.01. The second-order valence-corrected chi connectivity index (χ2v) is 8.73. The normalized spacial score (nSPS) is 20.6. The fourth-order valence-electron chi connectivity index (χ4n) is 3.13. The number of thiazole rings is 1. The Morgan fingerprint density at radius 1 is 1.47 bits per heavy atom. The van der Waals surface area contributed by atoms with E-state index in [-0.39, 0.29) is 23.1 Å². The first-order chi connectivity index (χ1) is 16.2. The van der Waals surface area contributed by atoms with Crippen LogP contribution in [0.5, 0.6) is 0 Å². The number of carbonyl (C=O) groups excluding carboxylic acids is 4. The Hall–Kier alpha value is -3.59. The van der Waals surface area contributed by atoms with E-state index in [0.29, 0.717) is 11.3 Å². The standard InChI is InChI=1S/C19H21N5O8S2/c1-4-9-6-33-16-12(22-14(25)11(23-29)10-7-34-18(20)21-10)15(26)24(16)13(9)17(27)31-8(3)32-19(28)30-5-2/h4,7-8,12,16,29H,1,5-6H2,2-3H3,(H2,20,21)(H,22,25)/t8?,12?,16-/m0/s1. The van der Waals surface area contributed by atoms with E-state index in [2.05, 4.69) is 26.8 Å². The van der Waals surface area contributed by atoms with E-state index in [0.717, 1.165) is 11.3 Å². The Bertz CT molecular complexity index is 1080. The number of aromatic nitrogens is 1. The van der Waals surface area contributed by atoms with Gasteiger partial charge in [-0.25, -0.2) is 14.6 Å². The number of nitrogen functional groups attached to an aromatic ring is 1. The Kier molecular flexibility index (Phi) is 7.78. The Morgan fingerprint density at radius 2 is 2.21 bits per heavy atom. The number of nitrogens with one attached hydrogen (secondary N) is 1. The average molecular weight is 512 g/mol. The van der Waals surface area contributed by atoms with Crippen molar-refractivity contribution in [1.82, 2.24) is 15.2 Å². The Morgan fingerprint density at radius 3 is 2.79 bits per heavy atom. The highest BCUT2D eigenvalue weighted by molar-refractivity contribution is 8.00. The maximum absolute atomic E-state index is 12.9. The highest BCUT2D eigenvalue weighted by Gasteiger charge is 2.54. The summed E-state index contributed by atoms with van der Waals surface area (Å²) in [6.07, 6.45) is -0.873. The number of ether oxygens (including phenoxy) is 3. The molecule has 4 N–H and O–H groups in total. The number of fused-ring (bicyclic) bond motifs is 1. The molecule has 34 heavy (non-hydrogen) atoms. The van der Waals surface area contributed by atoms with Crippen molar-refractivity contribution in [3.63, 3.8) is 0 Å². The van der Waals surface area contributed by atoms with Crippen LogP contribution in [0.4, 0.5) is 9.93 Å². The van der Waals surface area contributed by atoms with Gasteiger partial charge in [0.1, 0.15) is 22.8 Å². The lowest BCUT2D eigenvalue weighted by Gasteiger charge is -2.49. The summed E-state index contributed by atoms with van der Waals surface area (Å²) < 4.78 is 14.6. The zero-order valence-corrected chi connectivity index (χ0v) is 19.7. The lowest BCUT2D eigenvalue weighted by atomic mass is 10.0. The molecule has 1 aromatic heterocycles. The number of rotatable bonds is 8. The van der Waals surface area contributed by atoms with Gasteiger partial charge in [-0.3, -0.25) is 14.5 Å². The molecule has 2 unspecified atom stereocenters. The van der Waals surface area contributed by atoms with Gasteiger partial charge >= 0.3 is 12.1 Å². The molecule has 3 heterocycles. The number of β-lactam (4-membered cyclic amide) rings is 1. The van der Waals surface area contributed by atoms with Gasteiger partial charge in [0.2, 0.25) is 6.29 Å². The van der Waals surface area contributed by atoms with Gasteiger partial charge in [-0.2, -0.15) is 0 Å². The molecule has 2 amide bonds. The van der Waals surface area contributed by atoms with E-state index in [4.69, 9.17) is 15.2 Å². The van der Waals surface area contributed by atoms with Gasteiger partial charge in [0.15, 0.2) is 10.8 Å². The molecule has 13 nitrogen and oxygen atoms in total. The first kappa shape index (κ1) is 25.0. The molecule has 0 spiro atoms. The largest absolute Gasteiger partial charge is 0.511 e. The van der Waals surface area contributed by atoms with Crippen molar-refractivity contribution >= 4 is 57.9 Å². The molecule has 2 aliphatic rings. The molecule has 0 bridgehead atoms. The zero-order chi connectivity index (χ0) is 25.0. The van der Waals surface area contributed by atoms with E-state index in [9.17, 15) is 24.4 Å². The predicted octanol–water partition coefficient (Wildman–Crippen LogP) is 0.806. The third-order valence-corrected chi connectivity index (χ3v) is 6.58. The molecule has 182 valence electrons. The van der Waals surface area contributed by atoms with Crippen LogP contribution in [0.15, 0.2) is 34.5 Å². The first-order valence-corrected chi connectivity index (χ1v) is 11.7. The summed E-state index contributed by atoms with van der Waals surface area (Å²) in [5, 5.41) is 15.7. The summed E-state index contributed by atoms with van der Waals surface area (Å²) in [5.41, 5.74) is 5.55. The van der Waals surface area contributed by atoms with Gasteiger partial charge in [0.05, 0.1) is 6.61 Å². The summed E-state index contributed by atoms with van der Waals surface area (Å²) in [5.74, 6) is -2.05. The molecule has 3 rings (SSSR count). The minimum absolute atomic E-state index is 0.0520. The van der Waals surface area contributed by atoms with Crippen molar-refractivity contribution in [3.8, 4) is 0 Å². The fourth-order valence-corrected chi connectivity index (χ4v) is 5.01. The van der Waals surface area contributed by atoms with Crippen molar-refractivity contribution in [2.45, 2.75) is 31.6 Å². The number of nitrogens with zero attached hydrogens (tertiary/aromatic N) is 3. The van der Waals surface area contributed by atoms with Crippen molar-refractivity contribution in [3.05, 3.63) is 35.0 Å². The van der Waals surface area contributed by atoms with E-state index < -0.39 is 47.4 Å². The molecule has 1 aromatic rings. The van der Waals surface area contributed by atoms with Crippen molar-refractivity contribution in [2.75, 3.05) is 18.1 Å². The van der Waals surface area contributed by atoms with E-state index in [1.54, 1.807) is 6.92 Å². The van der Waals surface area contributed by atoms with Crippen molar-refractivity contribution in [1.29, 1.82) is 0 Å². The molecule has 1 fully saturated rings. The number of oxime groups is 1. The molecule has 0 aromatic carbocycles. The van der Waals surface area contributed by atoms with Crippen LogP contribution < -0.4 is 11.1 Å². The van der Waals surface area contributed by atoms with E-state index in [1.165, 1.54) is 35.0 Å². The average Bonchev–Trinajstić information content (AvgIpc) is 3.22. The van der Waals surface area contributed by atoms with Crippen molar-refractivity contribution < 1.29 is 38.6 Å². The number of anilines is 1. The fraction of sp³-hybridized carbons (Fsp3) is 0.368. The van der Waals surface area contributed by atoms with Crippen LogP contribution in [-0.2, 0) is 28.6 Å². The number of nitrogens with two attached hydrogens (primary N) is 1. The quantitative estimate of drug-likeness (QED) is 0.112. The van der Waals surface area contributed by atoms with E-state index >= 15 is 0 Å². The van der Waals surface area contributed by atoms with Crippen LogP contribution >= 0.6 is 23.1 Å². The van der Waals surface area contributed by atoms with Crippen LogP contribution in [0.1, 0.15) is 19.5 Å². The van der Waals surface area contributed by atoms with Gasteiger partial charge < -0.3 is 30.5 Å². The molecule has 2 aliphatic heterocycles. The molecule has 15 heteroatoms. The summed E-state index contributed by atoms with van der Waals surface area (Å²) in [6.45, 7) is 6.65. The lowest BCUT2D eigenvalue weighted by molar-refractivity contribution is -0.168. The second kappa shape index (κ2) is 10.6. The van der Waals surface area contributed by atoms with Gasteiger partial charge in [0.25, 0.3) is 11.8 Å². The second-order valence-electron chi connectivity index (χ2n) is 6.73. The SMILES string of the molecule is C=CC1=C(C(=O)OC(C)OC(=O)OCC)N2C(=O)C(NC(=O)C(=NO)c3csc(N)n3)[C@@H]2SC1. The molecule has 0 aliphatic carbocycles. The number of hydrogen-bond acceptors (Lipinski definition) is 13. The lowest BCUT2D eigenvalue weighted by Crippen LogP contribution is -2.71. The van der Waals surface area contributed by atoms with Gasteiger partial charge in [-0.1, -0.05) is 17.8 Å². The summed E-state index contributed by atoms with van der Waals surface area (Å²) in [4.78, 5) is 54.8. The molecule has 0 saturated carbocycles. The predicted molar refractivity (Wildman–Crippen MR) is 121 cm³/mol. The van der Waals surface area contributed by atoms with Gasteiger partial charge in [-0.15, -0.1) is 23.1 Å². The highest BCUT2D eigenvalue weighted by atomic mass is 32.2.